The second-order valence-corrected chi connectivity index (χ2v) is 7.11. The van der Waals surface area contributed by atoms with E-state index in [9.17, 15) is 4.79 Å². The van der Waals surface area contributed by atoms with Gasteiger partial charge in [-0.25, -0.2) is 4.98 Å². The van der Waals surface area contributed by atoms with Crippen LogP contribution in [0, 0.1) is 0 Å². The Kier molecular flexibility index (Phi) is 3.48. The first kappa shape index (κ1) is 15.4. The Labute approximate surface area is 152 Å². The van der Waals surface area contributed by atoms with E-state index in [4.69, 9.17) is 4.74 Å². The molecule has 1 aliphatic heterocycles. The number of aromatic amines is 1. The second kappa shape index (κ2) is 5.87. The monoisotopic (exact) mass is 347 g/mol. The van der Waals surface area contributed by atoms with Crippen molar-refractivity contribution in [2.24, 2.45) is 0 Å². The van der Waals surface area contributed by atoms with Crippen LogP contribution >= 0.6 is 0 Å². The summed E-state index contributed by atoms with van der Waals surface area (Å²) in [6.07, 6.45) is 3.92. The zero-order valence-electron chi connectivity index (χ0n) is 14.8. The Morgan fingerprint density at radius 1 is 1.23 bits per heavy atom. The third-order valence-corrected chi connectivity index (χ3v) is 5.61. The van der Waals surface area contributed by atoms with Crippen LogP contribution in [0.25, 0.3) is 10.9 Å². The highest BCUT2D eigenvalue weighted by atomic mass is 16.5. The van der Waals surface area contributed by atoms with Gasteiger partial charge in [-0.15, -0.1) is 0 Å². The minimum Gasteiger partial charge on any atom is -0.480 e. The molecule has 26 heavy (non-hydrogen) atoms. The molecular weight excluding hydrogens is 326 g/mol. The van der Waals surface area contributed by atoms with Gasteiger partial charge < -0.3 is 14.6 Å². The number of carbonyl (C=O) groups is 1. The van der Waals surface area contributed by atoms with Gasteiger partial charge in [-0.2, -0.15) is 0 Å². The Morgan fingerprint density at radius 3 is 3.00 bits per heavy atom. The maximum absolute atomic E-state index is 13.2. The first-order valence-electron chi connectivity index (χ1n) is 9.19. The molecule has 0 saturated heterocycles. The Hall–Kier alpha value is -2.82. The van der Waals surface area contributed by atoms with Crippen molar-refractivity contribution in [3.05, 3.63) is 58.4 Å². The van der Waals surface area contributed by atoms with Crippen molar-refractivity contribution in [2.75, 3.05) is 13.7 Å². The molecule has 132 valence electrons. The second-order valence-electron chi connectivity index (χ2n) is 7.11. The van der Waals surface area contributed by atoms with Crippen molar-refractivity contribution >= 4 is 16.8 Å². The van der Waals surface area contributed by atoms with Gasteiger partial charge in [0.15, 0.2) is 0 Å². The molecular formula is C21H21N3O2. The van der Waals surface area contributed by atoms with Crippen molar-refractivity contribution in [1.29, 1.82) is 0 Å². The number of hydrogen-bond donors (Lipinski definition) is 1. The van der Waals surface area contributed by atoms with Crippen LogP contribution in [0.1, 0.15) is 39.3 Å². The summed E-state index contributed by atoms with van der Waals surface area (Å²) in [5.41, 5.74) is 6.48. The molecule has 1 aromatic carbocycles. The first-order chi connectivity index (χ1) is 12.7. The SMILES string of the molecule is COc1nc2c(cc1C(=O)N1CCc3[nH]c4ccccc4c3C1)CCC2. The van der Waals surface area contributed by atoms with E-state index in [1.54, 1.807) is 7.11 Å². The minimum absolute atomic E-state index is 0.0139. The molecule has 0 spiro atoms. The molecule has 5 rings (SSSR count). The van der Waals surface area contributed by atoms with Crippen molar-refractivity contribution in [3.8, 4) is 5.88 Å². The smallest absolute Gasteiger partial charge is 0.259 e. The predicted octanol–water partition coefficient (Wildman–Crippen LogP) is 3.26. The molecule has 0 unspecified atom stereocenters. The van der Waals surface area contributed by atoms with E-state index in [2.05, 4.69) is 22.1 Å². The summed E-state index contributed by atoms with van der Waals surface area (Å²) in [6, 6.07) is 10.3. The van der Waals surface area contributed by atoms with E-state index in [1.807, 2.05) is 23.1 Å². The van der Waals surface area contributed by atoms with Crippen LogP contribution < -0.4 is 4.74 Å². The van der Waals surface area contributed by atoms with E-state index in [1.165, 1.54) is 22.2 Å². The molecule has 1 amide bonds. The fourth-order valence-electron chi connectivity index (χ4n) is 4.27. The summed E-state index contributed by atoms with van der Waals surface area (Å²) in [7, 11) is 1.59. The molecule has 1 N–H and O–H groups in total. The van der Waals surface area contributed by atoms with Crippen molar-refractivity contribution in [2.45, 2.75) is 32.2 Å². The van der Waals surface area contributed by atoms with E-state index in [0.29, 0.717) is 24.5 Å². The number of hydrogen-bond acceptors (Lipinski definition) is 3. The van der Waals surface area contributed by atoms with Gasteiger partial charge in [0.1, 0.15) is 5.56 Å². The van der Waals surface area contributed by atoms with E-state index in [-0.39, 0.29) is 5.91 Å². The standard InChI is InChI=1S/C21H21N3O2/c1-26-20-15(11-13-5-4-8-17(13)23-20)21(25)24-10-9-19-16(12-24)14-6-2-3-7-18(14)22-19/h2-3,6-7,11,22H,4-5,8-10,12H2,1H3. The van der Waals surface area contributed by atoms with Crippen molar-refractivity contribution in [3.63, 3.8) is 0 Å². The third kappa shape index (κ3) is 2.30. The molecule has 2 aliphatic rings. The number of ether oxygens (including phenoxy) is 1. The largest absolute Gasteiger partial charge is 0.480 e. The summed E-state index contributed by atoms with van der Waals surface area (Å²) in [6.45, 7) is 1.33. The average molecular weight is 347 g/mol. The summed E-state index contributed by atoms with van der Waals surface area (Å²) in [5.74, 6) is 0.473. The predicted molar refractivity (Wildman–Crippen MR) is 99.6 cm³/mol. The molecule has 3 heterocycles. The normalized spacial score (nSPS) is 15.8. The highest BCUT2D eigenvalue weighted by molar-refractivity contribution is 5.97. The van der Waals surface area contributed by atoms with Crippen LogP contribution in [0.2, 0.25) is 0 Å². The number of para-hydroxylation sites is 1. The summed E-state index contributed by atoms with van der Waals surface area (Å²) >= 11 is 0. The molecule has 5 heteroatoms. The molecule has 0 bridgehead atoms. The minimum atomic E-state index is 0.0139. The molecule has 5 nitrogen and oxygen atoms in total. The molecule has 0 radical (unpaired) electrons. The highest BCUT2D eigenvalue weighted by Gasteiger charge is 2.28. The van der Waals surface area contributed by atoms with E-state index < -0.39 is 0 Å². The fourth-order valence-corrected chi connectivity index (χ4v) is 4.27. The molecule has 3 aromatic rings. The lowest BCUT2D eigenvalue weighted by molar-refractivity contribution is 0.0730. The number of benzene rings is 1. The lowest BCUT2D eigenvalue weighted by Crippen LogP contribution is -2.36. The number of carbonyl (C=O) groups excluding carboxylic acids is 1. The summed E-state index contributed by atoms with van der Waals surface area (Å²) < 4.78 is 5.44. The van der Waals surface area contributed by atoms with E-state index >= 15 is 0 Å². The van der Waals surface area contributed by atoms with Crippen LogP contribution in [0.15, 0.2) is 30.3 Å². The summed E-state index contributed by atoms with van der Waals surface area (Å²) in [5, 5.41) is 1.21. The number of pyridine rings is 1. The number of aryl methyl sites for hydroxylation is 2. The van der Waals surface area contributed by atoms with Crippen LogP contribution in [0.3, 0.4) is 0 Å². The van der Waals surface area contributed by atoms with Crippen LogP contribution in [-0.2, 0) is 25.8 Å². The zero-order chi connectivity index (χ0) is 17.7. The third-order valence-electron chi connectivity index (χ3n) is 5.61. The number of nitrogens with zero attached hydrogens (tertiary/aromatic N) is 2. The molecule has 0 atom stereocenters. The Morgan fingerprint density at radius 2 is 2.12 bits per heavy atom. The van der Waals surface area contributed by atoms with Crippen LogP contribution in [0.4, 0.5) is 0 Å². The number of amides is 1. The quantitative estimate of drug-likeness (QED) is 0.774. The maximum Gasteiger partial charge on any atom is 0.259 e. The number of fused-ring (bicyclic) bond motifs is 4. The number of nitrogens with one attached hydrogen (secondary N) is 1. The molecule has 0 saturated carbocycles. The zero-order valence-corrected chi connectivity index (χ0v) is 14.8. The Balaban J connectivity index is 1.50. The van der Waals surface area contributed by atoms with Gasteiger partial charge in [-0.05, 0) is 37.0 Å². The van der Waals surface area contributed by atoms with Crippen molar-refractivity contribution < 1.29 is 9.53 Å². The van der Waals surface area contributed by atoms with Crippen molar-refractivity contribution in [1.82, 2.24) is 14.9 Å². The average Bonchev–Trinajstić information content (AvgIpc) is 3.29. The number of H-pyrrole nitrogens is 1. The maximum atomic E-state index is 13.2. The fraction of sp³-hybridized carbons (Fsp3) is 0.333. The van der Waals surface area contributed by atoms with Crippen LogP contribution in [-0.4, -0.2) is 34.4 Å². The highest BCUT2D eigenvalue weighted by Crippen LogP contribution is 2.31. The van der Waals surface area contributed by atoms with Gasteiger partial charge in [0.05, 0.1) is 7.11 Å². The van der Waals surface area contributed by atoms with Gasteiger partial charge >= 0.3 is 0 Å². The molecule has 0 fully saturated rings. The van der Waals surface area contributed by atoms with Gasteiger partial charge in [0, 0.05) is 47.4 Å². The Bertz CT molecular complexity index is 1020. The topological polar surface area (TPSA) is 58.2 Å². The van der Waals surface area contributed by atoms with Gasteiger partial charge in [-0.1, -0.05) is 18.2 Å². The lowest BCUT2D eigenvalue weighted by atomic mass is 10.0. The van der Waals surface area contributed by atoms with Gasteiger partial charge in [-0.3, -0.25) is 4.79 Å². The van der Waals surface area contributed by atoms with Gasteiger partial charge in [0.25, 0.3) is 5.91 Å². The number of aromatic nitrogens is 2. The van der Waals surface area contributed by atoms with Crippen LogP contribution in [0.5, 0.6) is 5.88 Å². The number of rotatable bonds is 2. The first-order valence-corrected chi connectivity index (χ1v) is 9.19. The molecule has 2 aromatic heterocycles. The number of methoxy groups -OCH3 is 1. The summed E-state index contributed by atoms with van der Waals surface area (Å²) in [4.78, 5) is 23.3. The molecule has 1 aliphatic carbocycles. The van der Waals surface area contributed by atoms with E-state index in [0.717, 1.165) is 36.9 Å². The lowest BCUT2D eigenvalue weighted by Gasteiger charge is -2.28. The van der Waals surface area contributed by atoms with Gasteiger partial charge in [0.2, 0.25) is 5.88 Å².